The zero-order valence-electron chi connectivity index (χ0n) is 43.9. The van der Waals surface area contributed by atoms with Gasteiger partial charge in [-0.25, -0.2) is 0 Å². The second kappa shape index (κ2) is 55.2. The fraction of sp³-hybridized carbons (Fsp3) is 0.721. The summed E-state index contributed by atoms with van der Waals surface area (Å²) in [7, 11) is 0. The zero-order valence-corrected chi connectivity index (χ0v) is 43.9. The highest BCUT2D eigenvalue weighted by molar-refractivity contribution is 5.71. The van der Waals surface area contributed by atoms with Crippen molar-refractivity contribution in [2.45, 2.75) is 271 Å². The molecule has 6 heteroatoms. The van der Waals surface area contributed by atoms with Gasteiger partial charge in [0.05, 0.1) is 0 Å². The van der Waals surface area contributed by atoms with Crippen LogP contribution in [0.4, 0.5) is 0 Å². The van der Waals surface area contributed by atoms with Crippen molar-refractivity contribution in [2.75, 3.05) is 13.2 Å². The first-order chi connectivity index (χ1) is 33.0. The van der Waals surface area contributed by atoms with Crippen LogP contribution in [0.25, 0.3) is 0 Å². The van der Waals surface area contributed by atoms with Crippen LogP contribution in [0.2, 0.25) is 0 Å². The number of allylic oxidation sites excluding steroid dienone is 14. The summed E-state index contributed by atoms with van der Waals surface area (Å²) in [6.45, 7) is 6.51. The molecule has 0 aromatic heterocycles. The van der Waals surface area contributed by atoms with E-state index in [-0.39, 0.29) is 31.1 Å². The third-order valence-corrected chi connectivity index (χ3v) is 12.0. The Morgan fingerprint density at radius 3 is 1.04 bits per heavy atom. The van der Waals surface area contributed by atoms with E-state index >= 15 is 0 Å². The molecule has 0 bridgehead atoms. The Balaban J connectivity index is 4.45. The van der Waals surface area contributed by atoms with Crippen LogP contribution < -0.4 is 0 Å². The lowest BCUT2D eigenvalue weighted by Gasteiger charge is -2.18. The van der Waals surface area contributed by atoms with Gasteiger partial charge >= 0.3 is 17.9 Å². The summed E-state index contributed by atoms with van der Waals surface area (Å²) >= 11 is 0. The minimum Gasteiger partial charge on any atom is -0.462 e. The Morgan fingerprint density at radius 2 is 0.627 bits per heavy atom. The van der Waals surface area contributed by atoms with E-state index in [4.69, 9.17) is 14.2 Å². The molecule has 0 heterocycles. The summed E-state index contributed by atoms with van der Waals surface area (Å²) in [4.78, 5) is 38.1. The quantitative estimate of drug-likeness (QED) is 0.0199. The van der Waals surface area contributed by atoms with Crippen molar-refractivity contribution >= 4 is 17.9 Å². The maximum absolute atomic E-state index is 12.8. The van der Waals surface area contributed by atoms with E-state index in [2.05, 4.69) is 81.5 Å². The van der Waals surface area contributed by atoms with Crippen molar-refractivity contribution in [3.8, 4) is 0 Å². The van der Waals surface area contributed by atoms with Crippen LogP contribution in [0.15, 0.2) is 85.1 Å². The third kappa shape index (κ3) is 53.4. The summed E-state index contributed by atoms with van der Waals surface area (Å²) in [6.07, 6.45) is 71.3. The Hall–Kier alpha value is -3.41. The van der Waals surface area contributed by atoms with Crippen LogP contribution in [0.5, 0.6) is 0 Å². The number of carbonyl (C=O) groups is 3. The van der Waals surface area contributed by atoms with Crippen molar-refractivity contribution < 1.29 is 28.6 Å². The van der Waals surface area contributed by atoms with E-state index in [0.29, 0.717) is 19.3 Å². The first-order valence-electron chi connectivity index (χ1n) is 28.2. The Morgan fingerprint density at radius 1 is 0.313 bits per heavy atom. The molecule has 0 aliphatic carbocycles. The second-order valence-electron chi connectivity index (χ2n) is 18.6. The first kappa shape index (κ1) is 63.6. The van der Waals surface area contributed by atoms with Gasteiger partial charge in [-0.15, -0.1) is 0 Å². The lowest BCUT2D eigenvalue weighted by molar-refractivity contribution is -0.167. The number of ether oxygens (including phenoxy) is 3. The lowest BCUT2D eigenvalue weighted by atomic mass is 10.0. The smallest absolute Gasteiger partial charge is 0.306 e. The average Bonchev–Trinajstić information content (AvgIpc) is 3.33. The summed E-state index contributed by atoms with van der Waals surface area (Å²) in [5.41, 5.74) is 0. The second-order valence-corrected chi connectivity index (χ2v) is 18.6. The van der Waals surface area contributed by atoms with E-state index in [9.17, 15) is 14.4 Å². The molecule has 67 heavy (non-hydrogen) atoms. The van der Waals surface area contributed by atoms with Crippen molar-refractivity contribution in [1.29, 1.82) is 0 Å². The number of unbranched alkanes of at least 4 members (excludes halogenated alkanes) is 29. The predicted molar refractivity (Wildman–Crippen MR) is 288 cm³/mol. The molecule has 0 N–H and O–H groups in total. The number of carbonyl (C=O) groups excluding carboxylic acids is 3. The molecule has 0 aromatic rings. The summed E-state index contributed by atoms with van der Waals surface area (Å²) < 4.78 is 16.8. The molecule has 0 fully saturated rings. The molecule has 1 unspecified atom stereocenters. The fourth-order valence-electron chi connectivity index (χ4n) is 7.74. The van der Waals surface area contributed by atoms with Gasteiger partial charge in [0, 0.05) is 19.3 Å². The van der Waals surface area contributed by atoms with Crippen LogP contribution in [0.1, 0.15) is 265 Å². The van der Waals surface area contributed by atoms with Gasteiger partial charge in [0.15, 0.2) is 6.10 Å². The molecular weight excluding hydrogens is 829 g/mol. The van der Waals surface area contributed by atoms with E-state index in [0.717, 1.165) is 96.3 Å². The predicted octanol–water partition coefficient (Wildman–Crippen LogP) is 18.8. The van der Waals surface area contributed by atoms with Crippen molar-refractivity contribution in [2.24, 2.45) is 0 Å². The molecular formula is C61H104O6. The molecule has 0 aromatic carbocycles. The molecule has 0 amide bonds. The van der Waals surface area contributed by atoms with E-state index in [1.807, 2.05) is 24.3 Å². The molecule has 384 valence electrons. The largest absolute Gasteiger partial charge is 0.462 e. The minimum absolute atomic E-state index is 0.0866. The highest BCUT2D eigenvalue weighted by Crippen LogP contribution is 2.15. The standard InChI is InChI=1S/C61H104O6/c1-4-7-10-13-16-19-22-25-28-30-32-33-36-39-42-45-48-51-54-60(63)66-57-58(56-65-59(62)53-50-47-44-41-38-35-27-24-21-18-15-12-9-6-3)67-61(64)55-52-49-46-43-40-37-34-31-29-26-23-20-17-14-11-8-5-2/h10,13,16-17,19-20,22,25-26,28-30,32-33,58H,4-9,11-12,14-15,18,21,23-24,27,31,34-57H2,1-3H3/b13-10-,19-16-,20-17-,25-22-,29-26-,30-28-,33-32-. The molecule has 0 saturated heterocycles. The Kier molecular flexibility index (Phi) is 52.4. The van der Waals surface area contributed by atoms with Gasteiger partial charge in [-0.2, -0.15) is 0 Å². The van der Waals surface area contributed by atoms with E-state index < -0.39 is 6.10 Å². The van der Waals surface area contributed by atoms with Crippen LogP contribution in [0, 0.1) is 0 Å². The number of esters is 3. The molecule has 1 atom stereocenters. The summed E-state index contributed by atoms with van der Waals surface area (Å²) in [6, 6.07) is 0. The summed E-state index contributed by atoms with van der Waals surface area (Å²) in [5.74, 6) is -0.914. The highest BCUT2D eigenvalue weighted by atomic mass is 16.6. The van der Waals surface area contributed by atoms with Crippen molar-refractivity contribution in [3.63, 3.8) is 0 Å². The normalized spacial score (nSPS) is 12.7. The highest BCUT2D eigenvalue weighted by Gasteiger charge is 2.19. The first-order valence-corrected chi connectivity index (χ1v) is 28.2. The van der Waals surface area contributed by atoms with Crippen LogP contribution in [-0.4, -0.2) is 37.2 Å². The van der Waals surface area contributed by atoms with Crippen LogP contribution in [-0.2, 0) is 28.6 Å². The zero-order chi connectivity index (χ0) is 48.6. The van der Waals surface area contributed by atoms with Gasteiger partial charge in [-0.1, -0.05) is 260 Å². The third-order valence-electron chi connectivity index (χ3n) is 12.0. The Labute approximate surface area is 414 Å². The molecule has 0 aliphatic heterocycles. The molecule has 0 radical (unpaired) electrons. The molecule has 0 rings (SSSR count). The van der Waals surface area contributed by atoms with Crippen LogP contribution >= 0.6 is 0 Å². The van der Waals surface area contributed by atoms with Crippen molar-refractivity contribution in [3.05, 3.63) is 85.1 Å². The maximum Gasteiger partial charge on any atom is 0.306 e. The Bertz CT molecular complexity index is 1300. The minimum atomic E-state index is -0.791. The average molecular weight is 933 g/mol. The van der Waals surface area contributed by atoms with Gasteiger partial charge in [0.2, 0.25) is 0 Å². The van der Waals surface area contributed by atoms with Gasteiger partial charge in [0.1, 0.15) is 13.2 Å². The van der Waals surface area contributed by atoms with Gasteiger partial charge in [0.25, 0.3) is 0 Å². The molecule has 0 aliphatic rings. The molecule has 6 nitrogen and oxygen atoms in total. The summed E-state index contributed by atoms with van der Waals surface area (Å²) in [5, 5.41) is 0. The van der Waals surface area contributed by atoms with Gasteiger partial charge in [-0.05, 0) is 70.6 Å². The number of hydrogen-bond donors (Lipinski definition) is 0. The topological polar surface area (TPSA) is 78.9 Å². The van der Waals surface area contributed by atoms with Crippen LogP contribution in [0.3, 0.4) is 0 Å². The van der Waals surface area contributed by atoms with Gasteiger partial charge in [-0.3, -0.25) is 14.4 Å². The van der Waals surface area contributed by atoms with E-state index in [1.165, 1.54) is 128 Å². The van der Waals surface area contributed by atoms with E-state index in [1.54, 1.807) is 0 Å². The fourth-order valence-corrected chi connectivity index (χ4v) is 7.74. The molecule has 0 saturated carbocycles. The monoisotopic (exact) mass is 933 g/mol. The number of rotatable bonds is 50. The lowest BCUT2D eigenvalue weighted by Crippen LogP contribution is -2.30. The van der Waals surface area contributed by atoms with Crippen molar-refractivity contribution in [1.82, 2.24) is 0 Å². The molecule has 0 spiro atoms. The number of hydrogen-bond acceptors (Lipinski definition) is 6. The maximum atomic E-state index is 12.8. The van der Waals surface area contributed by atoms with Gasteiger partial charge < -0.3 is 14.2 Å². The SMILES string of the molecule is CCC\C=C/C=C\C=C/C=C\C=C/CCCCCCCC(=O)OCC(COC(=O)CCCCCCCCCCCCCCCC)OC(=O)CCCCCCCCC/C=C\C/C=C\CCCCC.